The van der Waals surface area contributed by atoms with Gasteiger partial charge in [0.1, 0.15) is 0 Å². The predicted octanol–water partition coefficient (Wildman–Crippen LogP) is 2.17. The summed E-state index contributed by atoms with van der Waals surface area (Å²) in [5, 5.41) is 13.7. The first-order valence-corrected chi connectivity index (χ1v) is 6.58. The number of urea groups is 1. The molecule has 1 atom stereocenters. The molecule has 0 aliphatic heterocycles. The maximum Gasteiger partial charge on any atom is 0.315 e. The molecule has 0 spiro atoms. The Morgan fingerprint density at radius 3 is 2.76 bits per heavy atom. The maximum absolute atomic E-state index is 11.4. The zero-order valence-corrected chi connectivity index (χ0v) is 11.6. The number of amides is 2. The number of carbonyl (C=O) groups excluding carboxylic acids is 1. The van der Waals surface area contributed by atoms with Crippen molar-refractivity contribution in [3.05, 3.63) is 20.8 Å². The molecule has 17 heavy (non-hydrogen) atoms. The zero-order chi connectivity index (χ0) is 12.8. The summed E-state index contributed by atoms with van der Waals surface area (Å²) in [6, 6.07) is 3.08. The van der Waals surface area contributed by atoms with Gasteiger partial charge in [-0.05, 0) is 35.0 Å². The van der Waals surface area contributed by atoms with Gasteiger partial charge in [-0.15, -0.1) is 11.3 Å². The summed E-state index contributed by atoms with van der Waals surface area (Å²) in [5.74, 6) is -0.931. The molecule has 2 amide bonds. The van der Waals surface area contributed by atoms with Crippen LogP contribution >= 0.6 is 27.3 Å². The van der Waals surface area contributed by atoms with Crippen molar-refractivity contribution in [2.24, 2.45) is 0 Å². The van der Waals surface area contributed by atoms with Crippen LogP contribution in [-0.2, 0) is 11.3 Å². The summed E-state index contributed by atoms with van der Waals surface area (Å²) in [4.78, 5) is 22.8. The minimum Gasteiger partial charge on any atom is -0.481 e. The van der Waals surface area contributed by atoms with Crippen LogP contribution in [0, 0.1) is 0 Å². The third-order valence-corrected chi connectivity index (χ3v) is 3.53. The van der Waals surface area contributed by atoms with E-state index in [1.54, 1.807) is 6.92 Å². The van der Waals surface area contributed by atoms with Gasteiger partial charge in [-0.25, -0.2) is 4.79 Å². The van der Waals surface area contributed by atoms with Crippen LogP contribution in [0.15, 0.2) is 15.9 Å². The summed E-state index contributed by atoms with van der Waals surface area (Å²) >= 11 is 4.87. The van der Waals surface area contributed by atoms with E-state index >= 15 is 0 Å². The van der Waals surface area contributed by atoms with Gasteiger partial charge in [0, 0.05) is 10.9 Å². The van der Waals surface area contributed by atoms with Crippen molar-refractivity contribution >= 4 is 39.3 Å². The highest BCUT2D eigenvalue weighted by Gasteiger charge is 2.10. The number of halogens is 1. The van der Waals surface area contributed by atoms with E-state index in [2.05, 4.69) is 26.6 Å². The molecule has 94 valence electrons. The monoisotopic (exact) mass is 320 g/mol. The highest BCUT2D eigenvalue weighted by Crippen LogP contribution is 2.21. The lowest BCUT2D eigenvalue weighted by Crippen LogP contribution is -2.41. The molecular weight excluding hydrogens is 308 g/mol. The number of hydrogen-bond donors (Lipinski definition) is 3. The number of hydrogen-bond acceptors (Lipinski definition) is 3. The van der Waals surface area contributed by atoms with Crippen LogP contribution in [0.5, 0.6) is 0 Å². The largest absolute Gasteiger partial charge is 0.481 e. The molecule has 3 N–H and O–H groups in total. The minimum absolute atomic E-state index is 0.0853. The van der Waals surface area contributed by atoms with Crippen molar-refractivity contribution in [1.82, 2.24) is 10.6 Å². The van der Waals surface area contributed by atoms with E-state index in [-0.39, 0.29) is 18.5 Å². The molecule has 0 aliphatic rings. The topological polar surface area (TPSA) is 78.4 Å². The zero-order valence-electron chi connectivity index (χ0n) is 9.20. The normalized spacial score (nSPS) is 11.9. The third kappa shape index (κ3) is 5.69. The lowest BCUT2D eigenvalue weighted by Gasteiger charge is -2.12. The molecule has 5 nitrogen and oxygen atoms in total. The molecule has 0 fully saturated rings. The molecule has 1 aromatic rings. The molecule has 1 unspecified atom stereocenters. The second kappa shape index (κ2) is 6.61. The van der Waals surface area contributed by atoms with Gasteiger partial charge in [0.05, 0.1) is 16.8 Å². The summed E-state index contributed by atoms with van der Waals surface area (Å²) in [6.07, 6.45) is -0.0853. The van der Waals surface area contributed by atoms with Crippen molar-refractivity contribution in [2.45, 2.75) is 25.9 Å². The number of carboxylic acid groups (broad SMARTS) is 1. The van der Waals surface area contributed by atoms with E-state index in [1.807, 2.05) is 12.1 Å². The van der Waals surface area contributed by atoms with Crippen LogP contribution < -0.4 is 10.6 Å². The Hall–Kier alpha value is -1.08. The third-order valence-electron chi connectivity index (χ3n) is 1.91. The van der Waals surface area contributed by atoms with E-state index in [1.165, 1.54) is 11.3 Å². The molecule has 7 heteroatoms. The molecule has 1 rings (SSSR count). The number of nitrogens with one attached hydrogen (secondary N) is 2. The van der Waals surface area contributed by atoms with Crippen molar-refractivity contribution in [2.75, 3.05) is 0 Å². The molecule has 1 heterocycles. The summed E-state index contributed by atoms with van der Waals surface area (Å²) in [7, 11) is 0. The van der Waals surface area contributed by atoms with E-state index in [4.69, 9.17) is 5.11 Å². The second-order valence-corrected chi connectivity index (χ2v) is 6.08. The molecular formula is C10H13BrN2O3S. The Morgan fingerprint density at radius 1 is 1.53 bits per heavy atom. The van der Waals surface area contributed by atoms with Crippen LogP contribution in [0.25, 0.3) is 0 Å². The van der Waals surface area contributed by atoms with E-state index < -0.39 is 5.97 Å². The van der Waals surface area contributed by atoms with Crippen LogP contribution in [0.3, 0.4) is 0 Å². The average molecular weight is 321 g/mol. The molecule has 1 aromatic heterocycles. The van der Waals surface area contributed by atoms with Gasteiger partial charge in [-0.1, -0.05) is 0 Å². The fraction of sp³-hybridized carbons (Fsp3) is 0.400. The maximum atomic E-state index is 11.4. The summed E-state index contributed by atoms with van der Waals surface area (Å²) in [5.41, 5.74) is 0. The first-order chi connectivity index (χ1) is 7.97. The lowest BCUT2D eigenvalue weighted by atomic mass is 10.2. The predicted molar refractivity (Wildman–Crippen MR) is 69.1 cm³/mol. The standard InChI is InChI=1S/C10H13BrN2O3S/c1-6(4-9(14)15)13-10(16)12-5-7-2-3-8(11)17-7/h2-3,6H,4-5H2,1H3,(H,14,15)(H2,12,13,16). The van der Waals surface area contributed by atoms with Gasteiger partial charge in [0.15, 0.2) is 0 Å². The minimum atomic E-state index is -0.931. The Labute approximate surface area is 111 Å². The molecule has 0 radical (unpaired) electrons. The SMILES string of the molecule is CC(CC(=O)O)NC(=O)NCc1ccc(Br)s1. The van der Waals surface area contributed by atoms with Crippen LogP contribution in [0.4, 0.5) is 4.79 Å². The Bertz CT molecular complexity index is 408. The smallest absolute Gasteiger partial charge is 0.315 e. The molecule has 0 saturated carbocycles. The summed E-state index contributed by atoms with van der Waals surface area (Å²) in [6.45, 7) is 2.08. The highest BCUT2D eigenvalue weighted by atomic mass is 79.9. The van der Waals surface area contributed by atoms with Crippen molar-refractivity contribution in [3.63, 3.8) is 0 Å². The fourth-order valence-corrected chi connectivity index (χ4v) is 2.62. The molecule has 0 bridgehead atoms. The number of aliphatic carboxylic acids is 1. The Kier molecular flexibility index (Phi) is 5.43. The molecule has 0 aromatic carbocycles. The number of thiophene rings is 1. The summed E-state index contributed by atoms with van der Waals surface area (Å²) < 4.78 is 1.01. The number of carbonyl (C=O) groups is 2. The molecule has 0 saturated heterocycles. The number of carboxylic acids is 1. The quantitative estimate of drug-likeness (QED) is 0.778. The van der Waals surface area contributed by atoms with Gasteiger partial charge >= 0.3 is 12.0 Å². The van der Waals surface area contributed by atoms with Crippen LogP contribution in [-0.4, -0.2) is 23.1 Å². The van der Waals surface area contributed by atoms with Gasteiger partial charge in [0.2, 0.25) is 0 Å². The van der Waals surface area contributed by atoms with Gasteiger partial charge in [-0.2, -0.15) is 0 Å². The highest BCUT2D eigenvalue weighted by molar-refractivity contribution is 9.11. The first kappa shape index (κ1) is 14.0. The van der Waals surface area contributed by atoms with E-state index in [9.17, 15) is 9.59 Å². The molecule has 0 aliphatic carbocycles. The van der Waals surface area contributed by atoms with Gasteiger partial charge < -0.3 is 15.7 Å². The second-order valence-electron chi connectivity index (χ2n) is 3.53. The first-order valence-electron chi connectivity index (χ1n) is 4.97. The van der Waals surface area contributed by atoms with Crippen LogP contribution in [0.1, 0.15) is 18.2 Å². The Morgan fingerprint density at radius 2 is 2.24 bits per heavy atom. The average Bonchev–Trinajstić information content (AvgIpc) is 2.59. The van der Waals surface area contributed by atoms with Gasteiger partial charge in [0.25, 0.3) is 0 Å². The fourth-order valence-electron chi connectivity index (χ4n) is 1.20. The van der Waals surface area contributed by atoms with Crippen LogP contribution in [0.2, 0.25) is 0 Å². The van der Waals surface area contributed by atoms with E-state index in [0.29, 0.717) is 6.54 Å². The Balaban J connectivity index is 2.28. The van der Waals surface area contributed by atoms with Crippen molar-refractivity contribution < 1.29 is 14.7 Å². The van der Waals surface area contributed by atoms with E-state index in [0.717, 1.165) is 8.66 Å². The lowest BCUT2D eigenvalue weighted by molar-refractivity contribution is -0.137. The van der Waals surface area contributed by atoms with Gasteiger partial charge in [-0.3, -0.25) is 4.79 Å². The van der Waals surface area contributed by atoms with Crippen molar-refractivity contribution in [3.8, 4) is 0 Å². The van der Waals surface area contributed by atoms with Crippen molar-refractivity contribution in [1.29, 1.82) is 0 Å². The number of rotatable bonds is 5.